The van der Waals surface area contributed by atoms with E-state index in [1.165, 1.54) is 6.42 Å². The fraction of sp³-hybridized carbons (Fsp3) is 0.480. The van der Waals surface area contributed by atoms with Crippen molar-refractivity contribution in [1.82, 2.24) is 14.8 Å². The predicted octanol–water partition coefficient (Wildman–Crippen LogP) is 3.59. The molecule has 2 aliphatic rings. The lowest BCUT2D eigenvalue weighted by atomic mass is 9.94. The van der Waals surface area contributed by atoms with Crippen LogP contribution in [-0.4, -0.2) is 58.4 Å². The van der Waals surface area contributed by atoms with E-state index in [2.05, 4.69) is 4.98 Å². The second kappa shape index (κ2) is 10.1. The van der Waals surface area contributed by atoms with Crippen LogP contribution in [-0.2, 0) is 16.1 Å². The van der Waals surface area contributed by atoms with E-state index in [1.54, 1.807) is 23.2 Å². The van der Waals surface area contributed by atoms with Gasteiger partial charge in [-0.25, -0.2) is 0 Å². The number of carbonyl (C=O) groups is 2. The summed E-state index contributed by atoms with van der Waals surface area (Å²) in [6.07, 6.45) is 7.06. The number of hydrogen-bond acceptors (Lipinski definition) is 4. The largest absolute Gasteiger partial charge is 0.370 e. The number of benzene rings is 1. The van der Waals surface area contributed by atoms with Crippen LogP contribution in [0.15, 0.2) is 48.7 Å². The molecule has 1 aromatic carbocycles. The third-order valence-electron chi connectivity index (χ3n) is 6.34. The highest BCUT2D eigenvalue weighted by molar-refractivity contribution is 5.97. The molecule has 1 aliphatic heterocycles. The van der Waals surface area contributed by atoms with E-state index in [-0.39, 0.29) is 30.5 Å². The molecule has 2 fully saturated rings. The van der Waals surface area contributed by atoms with Crippen molar-refractivity contribution in [3.8, 4) is 0 Å². The van der Waals surface area contributed by atoms with Gasteiger partial charge in [-0.05, 0) is 37.5 Å². The molecule has 1 saturated carbocycles. The van der Waals surface area contributed by atoms with Crippen LogP contribution in [0.1, 0.15) is 53.7 Å². The van der Waals surface area contributed by atoms with Crippen molar-refractivity contribution < 1.29 is 14.3 Å². The van der Waals surface area contributed by atoms with Crippen molar-refractivity contribution >= 4 is 11.8 Å². The van der Waals surface area contributed by atoms with E-state index in [4.69, 9.17) is 4.74 Å². The van der Waals surface area contributed by atoms with Gasteiger partial charge in [-0.2, -0.15) is 0 Å². The molecule has 0 unspecified atom stereocenters. The SMILES string of the molecule is Cc1ncccc1C(=O)N1CC(=O)N(C2CCCCC2)C[C@@H](OCc2ccccc2)C1. The van der Waals surface area contributed by atoms with E-state index in [1.807, 2.05) is 42.2 Å². The van der Waals surface area contributed by atoms with Crippen LogP contribution in [0.4, 0.5) is 0 Å². The van der Waals surface area contributed by atoms with Gasteiger partial charge in [0.1, 0.15) is 6.54 Å². The lowest BCUT2D eigenvalue weighted by Crippen LogP contribution is -2.46. The van der Waals surface area contributed by atoms with E-state index in [0.717, 1.165) is 31.2 Å². The Morgan fingerprint density at radius 1 is 1.06 bits per heavy atom. The predicted molar refractivity (Wildman–Crippen MR) is 118 cm³/mol. The topological polar surface area (TPSA) is 62.7 Å². The average Bonchev–Trinajstić information content (AvgIpc) is 2.97. The molecule has 164 valence electrons. The van der Waals surface area contributed by atoms with Gasteiger partial charge in [0.2, 0.25) is 5.91 Å². The zero-order chi connectivity index (χ0) is 21.6. The number of hydrogen-bond donors (Lipinski definition) is 0. The Morgan fingerprint density at radius 3 is 2.58 bits per heavy atom. The Balaban J connectivity index is 1.54. The number of ether oxygens (including phenoxy) is 1. The Labute approximate surface area is 184 Å². The maximum Gasteiger partial charge on any atom is 0.256 e. The highest BCUT2D eigenvalue weighted by Crippen LogP contribution is 2.25. The molecule has 1 saturated heterocycles. The van der Waals surface area contributed by atoms with Gasteiger partial charge in [0.25, 0.3) is 5.91 Å². The minimum Gasteiger partial charge on any atom is -0.370 e. The molecule has 0 N–H and O–H groups in total. The molecule has 31 heavy (non-hydrogen) atoms. The lowest BCUT2D eigenvalue weighted by molar-refractivity contribution is -0.134. The molecule has 0 spiro atoms. The van der Waals surface area contributed by atoms with Crippen LogP contribution < -0.4 is 0 Å². The second-order valence-corrected chi connectivity index (χ2v) is 8.58. The molecule has 1 atom stereocenters. The van der Waals surface area contributed by atoms with Crippen molar-refractivity contribution in [2.75, 3.05) is 19.6 Å². The highest BCUT2D eigenvalue weighted by atomic mass is 16.5. The summed E-state index contributed by atoms with van der Waals surface area (Å²) in [5.74, 6) is -0.134. The summed E-state index contributed by atoms with van der Waals surface area (Å²) >= 11 is 0. The number of aryl methyl sites for hydroxylation is 1. The third-order valence-corrected chi connectivity index (χ3v) is 6.34. The molecule has 2 aromatic rings. The van der Waals surface area contributed by atoms with E-state index in [0.29, 0.717) is 31.0 Å². The average molecular weight is 422 g/mol. The maximum absolute atomic E-state index is 13.3. The molecule has 6 heteroatoms. The molecule has 1 aromatic heterocycles. The number of pyridine rings is 1. The van der Waals surface area contributed by atoms with Crippen LogP contribution in [0, 0.1) is 6.92 Å². The molecular formula is C25H31N3O3. The Morgan fingerprint density at radius 2 is 1.84 bits per heavy atom. The lowest BCUT2D eigenvalue weighted by Gasteiger charge is -2.34. The number of carbonyl (C=O) groups excluding carboxylic acids is 2. The highest BCUT2D eigenvalue weighted by Gasteiger charge is 2.35. The summed E-state index contributed by atoms with van der Waals surface area (Å²) in [5, 5.41) is 0. The van der Waals surface area contributed by atoms with E-state index >= 15 is 0 Å². The van der Waals surface area contributed by atoms with Gasteiger partial charge in [0.05, 0.1) is 18.3 Å². The summed E-state index contributed by atoms with van der Waals surface area (Å²) in [6, 6.07) is 13.8. The first-order chi connectivity index (χ1) is 15.1. The second-order valence-electron chi connectivity index (χ2n) is 8.58. The Bertz CT molecular complexity index is 896. The number of aromatic nitrogens is 1. The fourth-order valence-electron chi connectivity index (χ4n) is 4.62. The summed E-state index contributed by atoms with van der Waals surface area (Å²) < 4.78 is 6.26. The van der Waals surface area contributed by atoms with Gasteiger partial charge < -0.3 is 14.5 Å². The van der Waals surface area contributed by atoms with Gasteiger partial charge in [-0.15, -0.1) is 0 Å². The Hall–Kier alpha value is -2.73. The van der Waals surface area contributed by atoms with Gasteiger partial charge >= 0.3 is 0 Å². The molecule has 2 amide bonds. The van der Waals surface area contributed by atoms with Crippen LogP contribution in [0.2, 0.25) is 0 Å². The monoisotopic (exact) mass is 421 g/mol. The van der Waals surface area contributed by atoms with Crippen molar-refractivity contribution in [3.05, 3.63) is 65.5 Å². The zero-order valence-corrected chi connectivity index (χ0v) is 18.2. The number of rotatable bonds is 5. The minimum atomic E-state index is -0.227. The smallest absolute Gasteiger partial charge is 0.256 e. The summed E-state index contributed by atoms with van der Waals surface area (Å²) in [7, 11) is 0. The van der Waals surface area contributed by atoms with Gasteiger partial charge in [0.15, 0.2) is 0 Å². The van der Waals surface area contributed by atoms with Gasteiger partial charge in [-0.1, -0.05) is 49.6 Å². The molecule has 2 heterocycles. The van der Waals surface area contributed by atoms with Crippen molar-refractivity contribution in [2.24, 2.45) is 0 Å². The molecule has 0 radical (unpaired) electrons. The number of amides is 2. The quantitative estimate of drug-likeness (QED) is 0.740. The molecule has 6 nitrogen and oxygen atoms in total. The first-order valence-electron chi connectivity index (χ1n) is 11.3. The summed E-state index contributed by atoms with van der Waals surface area (Å²) in [5.41, 5.74) is 2.31. The van der Waals surface area contributed by atoms with E-state index in [9.17, 15) is 9.59 Å². The van der Waals surface area contributed by atoms with Crippen LogP contribution in [0.5, 0.6) is 0 Å². The van der Waals surface area contributed by atoms with Crippen LogP contribution in [0.3, 0.4) is 0 Å². The standard InChI is InChI=1S/C25H31N3O3/c1-19-23(13-8-14-26-19)25(30)27-15-22(31-18-20-9-4-2-5-10-20)16-28(24(29)17-27)21-11-6-3-7-12-21/h2,4-5,8-10,13-14,21-22H,3,6-7,11-12,15-18H2,1H3/t22-/m0/s1. The first-order valence-corrected chi connectivity index (χ1v) is 11.3. The molecular weight excluding hydrogens is 390 g/mol. The van der Waals surface area contributed by atoms with Crippen molar-refractivity contribution in [3.63, 3.8) is 0 Å². The molecule has 1 aliphatic carbocycles. The molecule has 0 bridgehead atoms. The fourth-order valence-corrected chi connectivity index (χ4v) is 4.62. The van der Waals surface area contributed by atoms with E-state index < -0.39 is 0 Å². The van der Waals surface area contributed by atoms with Gasteiger partial charge in [-0.3, -0.25) is 14.6 Å². The van der Waals surface area contributed by atoms with Crippen LogP contribution >= 0.6 is 0 Å². The van der Waals surface area contributed by atoms with Crippen molar-refractivity contribution in [2.45, 2.75) is 57.8 Å². The third kappa shape index (κ3) is 5.31. The number of nitrogens with zero attached hydrogens (tertiary/aromatic N) is 3. The first kappa shape index (κ1) is 21.5. The molecule has 4 rings (SSSR count). The maximum atomic E-state index is 13.3. The summed E-state index contributed by atoms with van der Waals surface area (Å²) in [4.78, 5) is 34.4. The minimum absolute atomic E-state index is 0.0209. The normalized spacial score (nSPS) is 20.5. The Kier molecular flexibility index (Phi) is 6.97. The zero-order valence-electron chi connectivity index (χ0n) is 18.2. The van der Waals surface area contributed by atoms with Gasteiger partial charge in [0, 0.05) is 31.0 Å². The summed E-state index contributed by atoms with van der Waals surface area (Å²) in [6.45, 7) is 3.31. The van der Waals surface area contributed by atoms with Crippen molar-refractivity contribution in [1.29, 1.82) is 0 Å². The van der Waals surface area contributed by atoms with Crippen LogP contribution in [0.25, 0.3) is 0 Å².